The Labute approximate surface area is 459 Å². The monoisotopic (exact) mass is 1160 g/mol. The summed E-state index contributed by atoms with van der Waals surface area (Å²) < 4.78 is 0. The van der Waals surface area contributed by atoms with E-state index in [4.69, 9.17) is 15.0 Å². The molecule has 3 aliphatic carbocycles. The van der Waals surface area contributed by atoms with Gasteiger partial charge in [0, 0.05) is 87.8 Å². The van der Waals surface area contributed by atoms with E-state index >= 15 is 0 Å². The summed E-state index contributed by atoms with van der Waals surface area (Å²) in [6, 6.07) is 78.3. The number of fused-ring (bicyclic) bond motifs is 12. The molecule has 0 saturated carbocycles. The first-order valence-corrected chi connectivity index (χ1v) is 26.2. The molecule has 0 amide bonds. The van der Waals surface area contributed by atoms with Crippen LogP contribution in [-0.4, -0.2) is 15.0 Å². The SMILES string of the molecule is CC1(C)c2ccccc2-c2ccc(-c3nccc4ccccc34)cc21.CC1(C)c2ccccc2-c2ccc(-c3nccc4ccccc34)cc21.CC1(C)c2ccccc2-c2ccc(-c3nccc4ccccc34)cc21.[Ir]. The van der Waals surface area contributed by atoms with Crippen LogP contribution in [0.3, 0.4) is 0 Å². The van der Waals surface area contributed by atoms with Gasteiger partial charge in [0.25, 0.3) is 0 Å². The van der Waals surface area contributed by atoms with E-state index in [1.807, 2.05) is 18.6 Å². The molecule has 0 atom stereocenters. The van der Waals surface area contributed by atoms with Crippen LogP contribution in [0.1, 0.15) is 74.9 Å². The van der Waals surface area contributed by atoms with Crippen LogP contribution in [-0.2, 0) is 36.4 Å². The number of benzene rings is 9. The van der Waals surface area contributed by atoms with E-state index in [1.165, 1.54) is 116 Å². The summed E-state index contributed by atoms with van der Waals surface area (Å²) in [4.78, 5) is 14.1. The Hall–Kier alpha value is -8.14. The third-order valence-corrected chi connectivity index (χ3v) is 16.6. The minimum atomic E-state index is 0. The van der Waals surface area contributed by atoms with E-state index < -0.39 is 0 Å². The molecule has 0 aliphatic heterocycles. The van der Waals surface area contributed by atoms with Gasteiger partial charge >= 0.3 is 0 Å². The van der Waals surface area contributed by atoms with Crippen LogP contribution < -0.4 is 0 Å². The van der Waals surface area contributed by atoms with E-state index in [1.54, 1.807) is 0 Å². The topological polar surface area (TPSA) is 38.7 Å². The van der Waals surface area contributed by atoms with Gasteiger partial charge in [-0.05, 0) is 119 Å². The number of rotatable bonds is 3. The van der Waals surface area contributed by atoms with Crippen LogP contribution in [0.15, 0.2) is 237 Å². The van der Waals surface area contributed by atoms with Crippen LogP contribution >= 0.6 is 0 Å². The molecule has 1 radical (unpaired) electrons. The fourth-order valence-electron chi connectivity index (χ4n) is 12.6. The van der Waals surface area contributed by atoms with Crippen molar-refractivity contribution in [1.82, 2.24) is 15.0 Å². The second-order valence-corrected chi connectivity index (χ2v) is 21.9. The first kappa shape index (κ1) is 48.8. The van der Waals surface area contributed by atoms with Gasteiger partial charge < -0.3 is 0 Å². The zero-order chi connectivity index (χ0) is 51.1. The van der Waals surface area contributed by atoms with Crippen molar-refractivity contribution in [2.75, 3.05) is 0 Å². The summed E-state index contributed by atoms with van der Waals surface area (Å²) in [6.45, 7) is 13.9. The molecule has 0 saturated heterocycles. The summed E-state index contributed by atoms with van der Waals surface area (Å²) in [6.07, 6.45) is 5.72. The second-order valence-electron chi connectivity index (χ2n) is 21.9. The first-order chi connectivity index (χ1) is 36.5. The third kappa shape index (κ3) is 7.93. The number of hydrogen-bond donors (Lipinski definition) is 0. The predicted octanol–water partition coefficient (Wildman–Crippen LogP) is 18.6. The minimum absolute atomic E-state index is 0. The molecule has 12 aromatic rings. The molecule has 0 N–H and O–H groups in total. The first-order valence-electron chi connectivity index (χ1n) is 26.2. The minimum Gasteiger partial charge on any atom is -0.256 e. The molecule has 3 heterocycles. The Morgan fingerprint density at radius 2 is 0.500 bits per heavy atom. The van der Waals surface area contributed by atoms with Crippen molar-refractivity contribution in [3.8, 4) is 67.2 Å². The molecule has 0 unspecified atom stereocenters. The van der Waals surface area contributed by atoms with Crippen molar-refractivity contribution in [2.45, 2.75) is 57.8 Å². The Bertz CT molecular complexity index is 3790. The van der Waals surface area contributed by atoms with Crippen molar-refractivity contribution >= 4 is 32.3 Å². The van der Waals surface area contributed by atoms with Gasteiger partial charge in [-0.25, -0.2) is 0 Å². The van der Waals surface area contributed by atoms with Gasteiger partial charge in [-0.3, -0.25) is 15.0 Å². The van der Waals surface area contributed by atoms with Crippen LogP contribution in [0.4, 0.5) is 0 Å². The van der Waals surface area contributed by atoms with Gasteiger partial charge in [0.15, 0.2) is 0 Å². The fraction of sp³-hybridized carbons (Fsp3) is 0.125. The van der Waals surface area contributed by atoms with Crippen molar-refractivity contribution in [3.63, 3.8) is 0 Å². The van der Waals surface area contributed by atoms with Crippen LogP contribution in [0, 0.1) is 0 Å². The summed E-state index contributed by atoms with van der Waals surface area (Å²) in [5, 5.41) is 7.32. The smallest absolute Gasteiger partial charge is 0.0780 e. The standard InChI is InChI=1S/3C24H19N.Ir/c3*1-24(2)21-10-6-5-9-19(21)20-12-11-17(15-22(20)24)23-18-8-4-3-7-16(18)13-14-25-23;/h3*3-15H,1-2H3;. The molecule has 3 aliphatic rings. The number of pyridine rings is 3. The zero-order valence-electron chi connectivity index (χ0n) is 43.7. The van der Waals surface area contributed by atoms with E-state index in [9.17, 15) is 0 Å². The average Bonchev–Trinajstić information content (AvgIpc) is 4.06. The van der Waals surface area contributed by atoms with Gasteiger partial charge in [-0.2, -0.15) is 0 Å². The summed E-state index contributed by atoms with van der Waals surface area (Å²) in [5.74, 6) is 0. The Morgan fingerprint density at radius 3 is 0.803 bits per heavy atom. The molecule has 0 bridgehead atoms. The van der Waals surface area contributed by atoms with E-state index in [-0.39, 0.29) is 36.4 Å². The third-order valence-electron chi connectivity index (χ3n) is 16.6. The van der Waals surface area contributed by atoms with E-state index in [0.29, 0.717) is 0 Å². The molecule has 3 aromatic heterocycles. The largest absolute Gasteiger partial charge is 0.256 e. The maximum Gasteiger partial charge on any atom is 0.0780 e. The maximum atomic E-state index is 4.70. The van der Waals surface area contributed by atoms with Crippen molar-refractivity contribution in [1.29, 1.82) is 0 Å². The molecular weight excluding hydrogens is 1100 g/mol. The fourth-order valence-corrected chi connectivity index (χ4v) is 12.6. The molecular formula is C72H57IrN3. The second kappa shape index (κ2) is 18.9. The van der Waals surface area contributed by atoms with Crippen molar-refractivity contribution in [3.05, 3.63) is 270 Å². The Morgan fingerprint density at radius 1 is 0.250 bits per heavy atom. The van der Waals surface area contributed by atoms with Gasteiger partial charge in [0.1, 0.15) is 0 Å². The Kier molecular flexibility index (Phi) is 12.1. The summed E-state index contributed by atoms with van der Waals surface area (Å²) in [5.41, 5.74) is 23.4. The van der Waals surface area contributed by atoms with Gasteiger partial charge in [-0.15, -0.1) is 0 Å². The van der Waals surface area contributed by atoms with Crippen molar-refractivity contribution < 1.29 is 20.1 Å². The van der Waals surface area contributed by atoms with Crippen LogP contribution in [0.5, 0.6) is 0 Å². The normalized spacial score (nSPS) is 14.1. The predicted molar refractivity (Wildman–Crippen MR) is 314 cm³/mol. The van der Waals surface area contributed by atoms with Crippen LogP contribution in [0.25, 0.3) is 99.5 Å². The van der Waals surface area contributed by atoms with E-state index in [0.717, 1.165) is 17.1 Å². The molecule has 15 rings (SSSR count). The van der Waals surface area contributed by atoms with Gasteiger partial charge in [0.05, 0.1) is 17.1 Å². The molecule has 0 spiro atoms. The molecule has 369 valence electrons. The maximum absolute atomic E-state index is 4.70. The molecule has 3 nitrogen and oxygen atoms in total. The summed E-state index contributed by atoms with van der Waals surface area (Å²) in [7, 11) is 0. The average molecular weight is 1160 g/mol. The molecule has 4 heteroatoms. The molecule has 0 fully saturated rings. The Balaban J connectivity index is 0.000000114. The van der Waals surface area contributed by atoms with Crippen molar-refractivity contribution in [2.24, 2.45) is 0 Å². The zero-order valence-corrected chi connectivity index (χ0v) is 46.1. The van der Waals surface area contributed by atoms with E-state index in [2.05, 4.69) is 260 Å². The summed E-state index contributed by atoms with van der Waals surface area (Å²) >= 11 is 0. The quantitative estimate of drug-likeness (QED) is 0.177. The number of nitrogens with zero attached hydrogens (tertiary/aromatic N) is 3. The van der Waals surface area contributed by atoms with Gasteiger partial charge in [0.2, 0.25) is 0 Å². The molecule has 76 heavy (non-hydrogen) atoms. The number of aromatic nitrogens is 3. The van der Waals surface area contributed by atoms with Gasteiger partial charge in [-0.1, -0.05) is 224 Å². The number of hydrogen-bond acceptors (Lipinski definition) is 3. The van der Waals surface area contributed by atoms with Crippen LogP contribution in [0.2, 0.25) is 0 Å². The molecule has 9 aromatic carbocycles.